The first kappa shape index (κ1) is 14.6. The molecule has 5 heteroatoms. The Labute approximate surface area is 125 Å². The van der Waals surface area contributed by atoms with E-state index in [0.29, 0.717) is 16.6 Å². The molecule has 104 valence electrons. The number of benzene rings is 2. The van der Waals surface area contributed by atoms with Crippen molar-refractivity contribution in [3.05, 3.63) is 63.6 Å². The van der Waals surface area contributed by atoms with Gasteiger partial charge in [-0.1, -0.05) is 24.3 Å². The lowest BCUT2D eigenvalue weighted by Crippen LogP contribution is -2.23. The van der Waals surface area contributed by atoms with Crippen molar-refractivity contribution in [2.24, 2.45) is 0 Å². The van der Waals surface area contributed by atoms with E-state index in [1.165, 1.54) is 6.07 Å². The number of rotatable bonds is 4. The molecule has 0 saturated carbocycles. The van der Waals surface area contributed by atoms with Gasteiger partial charge in [0.1, 0.15) is 5.75 Å². The van der Waals surface area contributed by atoms with E-state index in [1.54, 1.807) is 12.1 Å². The van der Waals surface area contributed by atoms with Crippen LogP contribution in [0.3, 0.4) is 0 Å². The molecule has 4 nitrogen and oxygen atoms in total. The third-order valence-electron chi connectivity index (χ3n) is 2.94. The SMILES string of the molecule is O=C(NCc1ccccc1CO)c1ccc(Br)c(O)c1. The van der Waals surface area contributed by atoms with E-state index < -0.39 is 0 Å². The van der Waals surface area contributed by atoms with Gasteiger partial charge >= 0.3 is 0 Å². The Morgan fingerprint density at radius 2 is 1.85 bits per heavy atom. The van der Waals surface area contributed by atoms with Crippen LogP contribution in [0.25, 0.3) is 0 Å². The maximum absolute atomic E-state index is 12.0. The van der Waals surface area contributed by atoms with Gasteiger partial charge in [-0.2, -0.15) is 0 Å². The molecule has 2 aromatic carbocycles. The maximum atomic E-state index is 12.0. The van der Waals surface area contributed by atoms with Gasteiger partial charge in [-0.15, -0.1) is 0 Å². The molecule has 0 aliphatic carbocycles. The topological polar surface area (TPSA) is 69.6 Å². The highest BCUT2D eigenvalue weighted by Crippen LogP contribution is 2.24. The average molecular weight is 336 g/mol. The minimum Gasteiger partial charge on any atom is -0.507 e. The van der Waals surface area contributed by atoms with Crippen molar-refractivity contribution in [2.75, 3.05) is 0 Å². The predicted octanol–water partition coefficient (Wildman–Crippen LogP) is 2.58. The second-order valence-electron chi connectivity index (χ2n) is 4.28. The minimum absolute atomic E-state index is 0.0217. The van der Waals surface area contributed by atoms with Gasteiger partial charge in [-0.25, -0.2) is 0 Å². The summed E-state index contributed by atoms with van der Waals surface area (Å²) < 4.78 is 0.541. The van der Waals surface area contributed by atoms with Crippen LogP contribution in [0.4, 0.5) is 0 Å². The Kier molecular flexibility index (Phi) is 4.76. The van der Waals surface area contributed by atoms with Gasteiger partial charge in [0.05, 0.1) is 11.1 Å². The molecule has 0 spiro atoms. The van der Waals surface area contributed by atoms with Crippen LogP contribution in [-0.2, 0) is 13.2 Å². The normalized spacial score (nSPS) is 10.3. The number of phenolic OH excluding ortho intramolecular Hbond substituents is 1. The number of aliphatic hydroxyl groups excluding tert-OH is 1. The summed E-state index contributed by atoms with van der Waals surface area (Å²) in [5.74, 6) is -0.256. The number of carbonyl (C=O) groups excluding carboxylic acids is 1. The first-order valence-electron chi connectivity index (χ1n) is 6.06. The highest BCUT2D eigenvalue weighted by molar-refractivity contribution is 9.10. The molecule has 0 radical (unpaired) electrons. The fourth-order valence-electron chi connectivity index (χ4n) is 1.82. The van der Waals surface area contributed by atoms with Crippen molar-refractivity contribution in [3.63, 3.8) is 0 Å². The molecule has 0 unspecified atom stereocenters. The van der Waals surface area contributed by atoms with Crippen molar-refractivity contribution in [2.45, 2.75) is 13.2 Å². The Balaban J connectivity index is 2.06. The molecule has 0 fully saturated rings. The molecule has 20 heavy (non-hydrogen) atoms. The molecule has 3 N–H and O–H groups in total. The number of phenols is 1. The van der Waals surface area contributed by atoms with Gasteiger partial charge in [0.2, 0.25) is 0 Å². The summed E-state index contributed by atoms with van der Waals surface area (Å²) in [5, 5.41) is 21.5. The van der Waals surface area contributed by atoms with E-state index in [-0.39, 0.29) is 18.3 Å². The van der Waals surface area contributed by atoms with Crippen LogP contribution in [0, 0.1) is 0 Å². The van der Waals surface area contributed by atoms with E-state index in [2.05, 4.69) is 21.2 Å². The standard InChI is InChI=1S/C15H14BrNO3/c16-13-6-5-10(7-14(13)19)15(20)17-8-11-3-1-2-4-12(11)9-18/h1-7,18-19H,8-9H2,(H,17,20). The second-order valence-corrected chi connectivity index (χ2v) is 5.13. The van der Waals surface area contributed by atoms with E-state index in [4.69, 9.17) is 0 Å². The molecule has 0 atom stereocenters. The average Bonchev–Trinajstić information content (AvgIpc) is 2.47. The Morgan fingerprint density at radius 3 is 2.50 bits per heavy atom. The zero-order chi connectivity index (χ0) is 14.5. The molecule has 2 rings (SSSR count). The molecule has 0 saturated heterocycles. The molecule has 0 heterocycles. The molecular weight excluding hydrogens is 322 g/mol. The highest BCUT2D eigenvalue weighted by atomic mass is 79.9. The van der Waals surface area contributed by atoms with E-state index in [9.17, 15) is 15.0 Å². The summed E-state index contributed by atoms with van der Waals surface area (Å²) in [7, 11) is 0. The van der Waals surface area contributed by atoms with Crippen LogP contribution in [0.5, 0.6) is 5.75 Å². The summed E-state index contributed by atoms with van der Waals surface area (Å²) in [4.78, 5) is 12.0. The summed E-state index contributed by atoms with van der Waals surface area (Å²) in [6, 6.07) is 12.0. The van der Waals surface area contributed by atoms with Crippen molar-refractivity contribution in [3.8, 4) is 5.75 Å². The van der Waals surface area contributed by atoms with Crippen LogP contribution < -0.4 is 5.32 Å². The Morgan fingerprint density at radius 1 is 1.15 bits per heavy atom. The van der Waals surface area contributed by atoms with Gasteiger partial charge in [-0.05, 0) is 45.3 Å². The largest absolute Gasteiger partial charge is 0.507 e. The predicted molar refractivity (Wildman–Crippen MR) is 79.3 cm³/mol. The molecular formula is C15H14BrNO3. The summed E-state index contributed by atoms with van der Waals surface area (Å²) in [6.07, 6.45) is 0. The van der Waals surface area contributed by atoms with Crippen LogP contribution in [-0.4, -0.2) is 16.1 Å². The zero-order valence-corrected chi connectivity index (χ0v) is 12.2. The molecule has 0 aliphatic rings. The lowest BCUT2D eigenvalue weighted by Gasteiger charge is -2.09. The number of aromatic hydroxyl groups is 1. The van der Waals surface area contributed by atoms with Crippen molar-refractivity contribution in [1.29, 1.82) is 0 Å². The first-order chi connectivity index (χ1) is 9.61. The van der Waals surface area contributed by atoms with Gasteiger partial charge in [0.25, 0.3) is 5.91 Å². The number of nitrogens with one attached hydrogen (secondary N) is 1. The molecule has 2 aromatic rings. The van der Waals surface area contributed by atoms with Crippen LogP contribution in [0.2, 0.25) is 0 Å². The summed E-state index contributed by atoms with van der Waals surface area (Å²) in [6.45, 7) is 0.261. The quantitative estimate of drug-likeness (QED) is 0.804. The lowest BCUT2D eigenvalue weighted by atomic mass is 10.1. The number of halogens is 1. The number of carbonyl (C=O) groups is 1. The Bertz CT molecular complexity index is 628. The van der Waals surface area contributed by atoms with Gasteiger partial charge < -0.3 is 15.5 Å². The fraction of sp³-hybridized carbons (Fsp3) is 0.133. The molecule has 0 bridgehead atoms. The highest BCUT2D eigenvalue weighted by Gasteiger charge is 2.09. The molecule has 0 aromatic heterocycles. The minimum atomic E-state index is -0.277. The van der Waals surface area contributed by atoms with Crippen molar-refractivity contribution >= 4 is 21.8 Å². The number of aliphatic hydroxyl groups is 1. The van der Waals surface area contributed by atoms with Crippen LogP contribution >= 0.6 is 15.9 Å². The third kappa shape index (κ3) is 3.37. The zero-order valence-electron chi connectivity index (χ0n) is 10.6. The summed E-state index contributed by atoms with van der Waals surface area (Å²) in [5.41, 5.74) is 2.03. The van der Waals surface area contributed by atoms with E-state index in [1.807, 2.05) is 24.3 Å². The Hall–Kier alpha value is -1.85. The fourth-order valence-corrected chi connectivity index (χ4v) is 2.06. The van der Waals surface area contributed by atoms with Crippen molar-refractivity contribution < 1.29 is 15.0 Å². The van der Waals surface area contributed by atoms with Crippen molar-refractivity contribution in [1.82, 2.24) is 5.32 Å². The van der Waals surface area contributed by atoms with Crippen LogP contribution in [0.1, 0.15) is 21.5 Å². The second kappa shape index (κ2) is 6.54. The number of hydrogen-bond donors (Lipinski definition) is 3. The van der Waals surface area contributed by atoms with E-state index in [0.717, 1.165) is 11.1 Å². The van der Waals surface area contributed by atoms with Gasteiger partial charge in [0, 0.05) is 12.1 Å². The molecule has 1 amide bonds. The van der Waals surface area contributed by atoms with E-state index >= 15 is 0 Å². The van der Waals surface area contributed by atoms with Gasteiger partial charge in [-0.3, -0.25) is 4.79 Å². The lowest BCUT2D eigenvalue weighted by molar-refractivity contribution is 0.0950. The van der Waals surface area contributed by atoms with Gasteiger partial charge in [0.15, 0.2) is 0 Å². The first-order valence-corrected chi connectivity index (χ1v) is 6.85. The smallest absolute Gasteiger partial charge is 0.251 e. The number of hydrogen-bond acceptors (Lipinski definition) is 3. The van der Waals surface area contributed by atoms with Crippen LogP contribution in [0.15, 0.2) is 46.9 Å². The maximum Gasteiger partial charge on any atom is 0.251 e. The third-order valence-corrected chi connectivity index (χ3v) is 3.61. The molecule has 0 aliphatic heterocycles. The summed E-state index contributed by atoms with van der Waals surface area (Å²) >= 11 is 3.16. The number of amides is 1. The monoisotopic (exact) mass is 335 g/mol.